The number of hydrogen-bond donors (Lipinski definition) is 0. The molecule has 5 heteroatoms. The van der Waals surface area contributed by atoms with E-state index < -0.39 is 6.04 Å². The number of carbonyl (C=O) groups is 2. The van der Waals surface area contributed by atoms with E-state index in [0.717, 1.165) is 17.7 Å². The van der Waals surface area contributed by atoms with Crippen molar-refractivity contribution in [1.82, 2.24) is 0 Å². The summed E-state index contributed by atoms with van der Waals surface area (Å²) in [5.74, 6) is 0.177. The normalized spacial score (nSPS) is 22.1. The number of nitrogens with zero attached hydrogens (tertiary/aromatic N) is 2. The zero-order chi connectivity index (χ0) is 18.4. The first-order valence-electron chi connectivity index (χ1n) is 8.89. The Morgan fingerprint density at radius 3 is 2.58 bits per heavy atom. The summed E-state index contributed by atoms with van der Waals surface area (Å²) in [6.45, 7) is 4.04. The molecule has 1 fully saturated rings. The summed E-state index contributed by atoms with van der Waals surface area (Å²) in [4.78, 5) is 29.4. The lowest BCUT2D eigenvalue weighted by molar-refractivity contribution is -0.121. The molecule has 2 aromatic rings. The van der Waals surface area contributed by atoms with Crippen molar-refractivity contribution < 1.29 is 14.3 Å². The average molecular weight is 350 g/mol. The molecule has 1 saturated heterocycles. The molecule has 5 nitrogen and oxygen atoms in total. The van der Waals surface area contributed by atoms with Crippen molar-refractivity contribution in [2.45, 2.75) is 38.8 Å². The predicted molar refractivity (Wildman–Crippen MR) is 101 cm³/mol. The number of aryl methyl sites for hydroxylation is 1. The van der Waals surface area contributed by atoms with Gasteiger partial charge in [0.25, 0.3) is 5.91 Å². The summed E-state index contributed by atoms with van der Waals surface area (Å²) in [6, 6.07) is 13.4. The number of para-hydroxylation sites is 1. The van der Waals surface area contributed by atoms with Crippen LogP contribution in [0.1, 0.15) is 24.5 Å². The van der Waals surface area contributed by atoms with E-state index >= 15 is 0 Å². The van der Waals surface area contributed by atoms with Crippen LogP contribution in [-0.4, -0.2) is 31.0 Å². The second-order valence-electron chi connectivity index (χ2n) is 7.05. The molecule has 26 heavy (non-hydrogen) atoms. The summed E-state index contributed by atoms with van der Waals surface area (Å²) >= 11 is 0. The van der Waals surface area contributed by atoms with Crippen LogP contribution in [0, 0.1) is 6.92 Å². The molecule has 2 aromatic carbocycles. The second-order valence-corrected chi connectivity index (χ2v) is 7.05. The Hall–Kier alpha value is -2.82. The van der Waals surface area contributed by atoms with Crippen molar-refractivity contribution in [3.05, 3.63) is 53.6 Å². The molecule has 2 aliphatic rings. The van der Waals surface area contributed by atoms with E-state index in [1.807, 2.05) is 37.3 Å². The lowest BCUT2D eigenvalue weighted by Gasteiger charge is -2.30. The molecule has 2 unspecified atom stereocenters. The smallest absolute Gasteiger partial charge is 0.257 e. The first-order valence-corrected chi connectivity index (χ1v) is 8.89. The van der Waals surface area contributed by atoms with E-state index in [1.165, 1.54) is 10.5 Å². The standard InChI is InChI=1S/C21H22N2O3/c1-13-8-9-19(26-3)17(10-13)23-20(24)12-18(21(23)25)22-14(2)11-15-6-4-5-7-16(15)22/h4-10,14,18H,11-12H2,1-3H3. The quantitative estimate of drug-likeness (QED) is 0.798. The lowest BCUT2D eigenvalue weighted by Crippen LogP contribution is -2.45. The van der Waals surface area contributed by atoms with Crippen LogP contribution in [0.3, 0.4) is 0 Å². The van der Waals surface area contributed by atoms with Gasteiger partial charge in [-0.15, -0.1) is 0 Å². The first kappa shape index (κ1) is 16.6. The number of methoxy groups -OCH3 is 1. The summed E-state index contributed by atoms with van der Waals surface area (Å²) in [5, 5.41) is 0. The zero-order valence-corrected chi connectivity index (χ0v) is 15.2. The van der Waals surface area contributed by atoms with Gasteiger partial charge >= 0.3 is 0 Å². The molecule has 2 aliphatic heterocycles. The molecule has 2 amide bonds. The monoisotopic (exact) mass is 350 g/mol. The van der Waals surface area contributed by atoms with Gasteiger partial charge in [-0.3, -0.25) is 9.59 Å². The number of benzene rings is 2. The third-order valence-electron chi connectivity index (χ3n) is 5.29. The van der Waals surface area contributed by atoms with Crippen LogP contribution in [0.25, 0.3) is 0 Å². The van der Waals surface area contributed by atoms with Crippen LogP contribution in [0.5, 0.6) is 5.75 Å². The fourth-order valence-corrected chi connectivity index (χ4v) is 4.13. The summed E-state index contributed by atoms with van der Waals surface area (Å²) < 4.78 is 5.39. The van der Waals surface area contributed by atoms with Gasteiger partial charge in [-0.1, -0.05) is 24.3 Å². The molecule has 0 aliphatic carbocycles. The molecule has 2 heterocycles. The van der Waals surface area contributed by atoms with Gasteiger partial charge in [0.15, 0.2) is 0 Å². The third kappa shape index (κ3) is 2.46. The van der Waals surface area contributed by atoms with E-state index in [9.17, 15) is 9.59 Å². The number of ether oxygens (including phenoxy) is 1. The van der Waals surface area contributed by atoms with Crippen LogP contribution in [0.15, 0.2) is 42.5 Å². The predicted octanol–water partition coefficient (Wildman–Crippen LogP) is 3.09. The van der Waals surface area contributed by atoms with E-state index in [1.54, 1.807) is 13.2 Å². The van der Waals surface area contributed by atoms with Crippen molar-refractivity contribution in [3.63, 3.8) is 0 Å². The molecule has 134 valence electrons. The Balaban J connectivity index is 1.72. The maximum Gasteiger partial charge on any atom is 0.257 e. The van der Waals surface area contributed by atoms with E-state index in [0.29, 0.717) is 11.4 Å². The van der Waals surface area contributed by atoms with E-state index in [2.05, 4.69) is 17.9 Å². The van der Waals surface area contributed by atoms with Crippen molar-refractivity contribution in [2.24, 2.45) is 0 Å². The number of carbonyl (C=O) groups excluding carboxylic acids is 2. The van der Waals surface area contributed by atoms with E-state index in [4.69, 9.17) is 4.74 Å². The summed E-state index contributed by atoms with van der Waals surface area (Å²) in [6.07, 6.45) is 1.08. The molecule has 0 N–H and O–H groups in total. The summed E-state index contributed by atoms with van der Waals surface area (Å²) in [5.41, 5.74) is 3.80. The number of imide groups is 1. The van der Waals surface area contributed by atoms with Crippen molar-refractivity contribution in [2.75, 3.05) is 16.9 Å². The van der Waals surface area contributed by atoms with Gasteiger partial charge in [0.1, 0.15) is 11.8 Å². The molecule has 0 radical (unpaired) electrons. The minimum atomic E-state index is -0.466. The fourth-order valence-electron chi connectivity index (χ4n) is 4.13. The second kappa shape index (κ2) is 6.16. The van der Waals surface area contributed by atoms with Crippen molar-refractivity contribution in [3.8, 4) is 5.75 Å². The fraction of sp³-hybridized carbons (Fsp3) is 0.333. The first-order chi connectivity index (χ1) is 12.5. The Bertz CT molecular complexity index is 893. The molecule has 0 aromatic heterocycles. The molecule has 0 saturated carbocycles. The number of rotatable bonds is 3. The van der Waals surface area contributed by atoms with Gasteiger partial charge in [-0.05, 0) is 49.6 Å². The molecular formula is C21H22N2O3. The molecule has 2 atom stereocenters. The maximum atomic E-state index is 13.2. The average Bonchev–Trinajstić information content (AvgIpc) is 3.09. The van der Waals surface area contributed by atoms with Gasteiger partial charge in [-0.25, -0.2) is 4.90 Å². The van der Waals surface area contributed by atoms with Gasteiger partial charge in [0.05, 0.1) is 19.2 Å². The van der Waals surface area contributed by atoms with Gasteiger partial charge in [-0.2, -0.15) is 0 Å². The molecular weight excluding hydrogens is 328 g/mol. The van der Waals surface area contributed by atoms with Gasteiger partial charge in [0, 0.05) is 11.7 Å². The number of anilines is 2. The number of hydrogen-bond acceptors (Lipinski definition) is 4. The largest absolute Gasteiger partial charge is 0.495 e. The highest BCUT2D eigenvalue weighted by Gasteiger charge is 2.46. The highest BCUT2D eigenvalue weighted by molar-refractivity contribution is 6.24. The Morgan fingerprint density at radius 2 is 1.81 bits per heavy atom. The third-order valence-corrected chi connectivity index (χ3v) is 5.29. The molecule has 0 bridgehead atoms. The van der Waals surface area contributed by atoms with Crippen LogP contribution >= 0.6 is 0 Å². The highest BCUT2D eigenvalue weighted by Crippen LogP contribution is 2.39. The minimum Gasteiger partial charge on any atom is -0.495 e. The number of amides is 2. The Labute approximate surface area is 153 Å². The number of fused-ring (bicyclic) bond motifs is 1. The van der Waals surface area contributed by atoms with Gasteiger partial charge in [0.2, 0.25) is 5.91 Å². The minimum absolute atomic E-state index is 0.178. The summed E-state index contributed by atoms with van der Waals surface area (Å²) in [7, 11) is 1.55. The van der Waals surface area contributed by atoms with Crippen LogP contribution in [0.2, 0.25) is 0 Å². The zero-order valence-electron chi connectivity index (χ0n) is 15.2. The Kier molecular flexibility index (Phi) is 3.94. The maximum absolute atomic E-state index is 13.2. The van der Waals surface area contributed by atoms with Crippen LogP contribution in [0.4, 0.5) is 11.4 Å². The topological polar surface area (TPSA) is 49.9 Å². The van der Waals surface area contributed by atoms with Crippen molar-refractivity contribution >= 4 is 23.2 Å². The molecule has 4 rings (SSSR count). The van der Waals surface area contributed by atoms with E-state index in [-0.39, 0.29) is 24.3 Å². The highest BCUT2D eigenvalue weighted by atomic mass is 16.5. The van der Waals surface area contributed by atoms with Gasteiger partial charge < -0.3 is 9.64 Å². The lowest BCUT2D eigenvalue weighted by atomic mass is 10.1. The van der Waals surface area contributed by atoms with Crippen molar-refractivity contribution in [1.29, 1.82) is 0 Å². The molecule has 0 spiro atoms. The van der Waals surface area contributed by atoms with Crippen LogP contribution < -0.4 is 14.5 Å². The van der Waals surface area contributed by atoms with Crippen LogP contribution in [-0.2, 0) is 16.0 Å². The Morgan fingerprint density at radius 1 is 1.04 bits per heavy atom. The SMILES string of the molecule is COc1ccc(C)cc1N1C(=O)CC(N2c3ccccc3CC2C)C1=O.